The highest BCUT2D eigenvalue weighted by Gasteiger charge is 2.28. The molecule has 0 amide bonds. The van der Waals surface area contributed by atoms with E-state index in [2.05, 4.69) is 72.6 Å². The molecule has 3 aromatic rings. The molecule has 6 rings (SSSR count). The number of pyridine rings is 1. The third-order valence-corrected chi connectivity index (χ3v) is 7.14. The van der Waals surface area contributed by atoms with E-state index >= 15 is 0 Å². The van der Waals surface area contributed by atoms with Crippen LogP contribution in [-0.4, -0.2) is 46.0 Å². The minimum atomic E-state index is 0.0562. The van der Waals surface area contributed by atoms with E-state index < -0.39 is 0 Å². The summed E-state index contributed by atoms with van der Waals surface area (Å²) in [7, 11) is 0. The molecule has 7 heteroatoms. The highest BCUT2D eigenvalue weighted by molar-refractivity contribution is 5.78. The Kier molecular flexibility index (Phi) is 5.77. The van der Waals surface area contributed by atoms with Crippen molar-refractivity contribution in [1.82, 2.24) is 20.1 Å². The van der Waals surface area contributed by atoms with Crippen LogP contribution in [0.15, 0.2) is 42.7 Å². The molecule has 0 spiro atoms. The average molecular weight is 474 g/mol. The number of benzene rings is 1. The van der Waals surface area contributed by atoms with E-state index in [9.17, 15) is 0 Å². The largest absolute Gasteiger partial charge is 0.472 e. The number of hydrogen-bond donors (Lipinski definition) is 1. The summed E-state index contributed by atoms with van der Waals surface area (Å²) in [6.07, 6.45) is 8.57. The highest BCUT2D eigenvalue weighted by atomic mass is 16.5. The van der Waals surface area contributed by atoms with Crippen molar-refractivity contribution in [3.05, 3.63) is 48.3 Å². The lowest BCUT2D eigenvalue weighted by molar-refractivity contribution is -0.0394. The molecule has 2 saturated heterocycles. The van der Waals surface area contributed by atoms with Gasteiger partial charge < -0.3 is 19.7 Å². The first kappa shape index (κ1) is 22.6. The van der Waals surface area contributed by atoms with Crippen molar-refractivity contribution in [2.24, 2.45) is 0 Å². The Balaban J connectivity index is 1.20. The Labute approximate surface area is 207 Å². The summed E-state index contributed by atoms with van der Waals surface area (Å²) in [6.45, 7) is 10.0. The van der Waals surface area contributed by atoms with E-state index in [0.717, 1.165) is 67.3 Å². The Hall–Kier alpha value is -2.90. The molecule has 3 aliphatic heterocycles. The lowest BCUT2D eigenvalue weighted by atomic mass is 9.95. The lowest BCUT2D eigenvalue weighted by Gasteiger charge is -2.26. The van der Waals surface area contributed by atoms with Crippen molar-refractivity contribution in [2.45, 2.75) is 70.9 Å². The van der Waals surface area contributed by atoms with Gasteiger partial charge in [-0.1, -0.05) is 12.1 Å². The Morgan fingerprint density at radius 1 is 1.03 bits per heavy atom. The van der Waals surface area contributed by atoms with Gasteiger partial charge in [0.15, 0.2) is 0 Å². The van der Waals surface area contributed by atoms with Crippen LogP contribution in [0.5, 0.6) is 5.88 Å². The van der Waals surface area contributed by atoms with Crippen molar-refractivity contribution in [1.29, 1.82) is 0 Å². The summed E-state index contributed by atoms with van der Waals surface area (Å²) in [5.41, 5.74) is 5.83. The summed E-state index contributed by atoms with van der Waals surface area (Å²) < 4.78 is 14.0. The molecule has 35 heavy (non-hydrogen) atoms. The van der Waals surface area contributed by atoms with Crippen LogP contribution in [0.3, 0.4) is 0 Å². The standard InChI is InChI=1S/C28H35N5O2/c1-28(2,3)31-22-11-12-32(17-22)25-10-9-24-23-8-7-19(14-20(23)18-35-27(24)30-25)21-15-29-33(16-21)26-6-4-5-13-34-26/h7-10,14-16,22,26,31H,4-6,11-13,17-18H2,1-3H3/t22-,26?/m1/s1. The zero-order valence-corrected chi connectivity index (χ0v) is 21.0. The summed E-state index contributed by atoms with van der Waals surface area (Å²) >= 11 is 0. The molecular formula is C28H35N5O2. The van der Waals surface area contributed by atoms with Crippen LogP contribution < -0.4 is 15.0 Å². The van der Waals surface area contributed by atoms with E-state index in [4.69, 9.17) is 14.5 Å². The van der Waals surface area contributed by atoms with Crippen LogP contribution in [-0.2, 0) is 11.3 Å². The Morgan fingerprint density at radius 2 is 1.91 bits per heavy atom. The fourth-order valence-electron chi connectivity index (χ4n) is 5.50. The first-order chi connectivity index (χ1) is 16.9. The molecule has 2 atom stereocenters. The smallest absolute Gasteiger partial charge is 0.223 e. The SMILES string of the molecule is CC(C)(C)N[C@@H]1CCN(c2ccc3c(n2)OCc2cc(-c4cnn(C5CCCCO5)c4)ccc2-3)C1. The number of anilines is 1. The second kappa shape index (κ2) is 8.95. The van der Waals surface area contributed by atoms with E-state index in [0.29, 0.717) is 12.6 Å². The number of rotatable bonds is 4. The van der Waals surface area contributed by atoms with E-state index in [1.54, 1.807) is 0 Å². The fraction of sp³-hybridized carbons (Fsp3) is 0.500. The Bertz CT molecular complexity index is 1210. The van der Waals surface area contributed by atoms with E-state index in [1.807, 2.05) is 10.9 Å². The first-order valence-electron chi connectivity index (χ1n) is 12.9. The van der Waals surface area contributed by atoms with Crippen LogP contribution in [0.4, 0.5) is 5.82 Å². The molecule has 5 heterocycles. The van der Waals surface area contributed by atoms with Crippen LogP contribution in [0.25, 0.3) is 22.3 Å². The molecule has 1 N–H and O–H groups in total. The quantitative estimate of drug-likeness (QED) is 0.564. The Morgan fingerprint density at radius 3 is 2.74 bits per heavy atom. The van der Waals surface area contributed by atoms with Gasteiger partial charge in [0.25, 0.3) is 0 Å². The van der Waals surface area contributed by atoms with Gasteiger partial charge >= 0.3 is 0 Å². The number of aromatic nitrogens is 3. The lowest BCUT2D eigenvalue weighted by Crippen LogP contribution is -2.44. The molecule has 0 radical (unpaired) electrons. The minimum absolute atomic E-state index is 0.0562. The van der Waals surface area contributed by atoms with E-state index in [1.165, 1.54) is 17.5 Å². The van der Waals surface area contributed by atoms with Gasteiger partial charge in [0.2, 0.25) is 5.88 Å². The molecule has 7 nitrogen and oxygen atoms in total. The van der Waals surface area contributed by atoms with Gasteiger partial charge in [-0.3, -0.25) is 0 Å². The van der Waals surface area contributed by atoms with Crippen molar-refractivity contribution < 1.29 is 9.47 Å². The van der Waals surface area contributed by atoms with Gasteiger partial charge in [-0.2, -0.15) is 10.1 Å². The summed E-state index contributed by atoms with van der Waals surface area (Å²) in [5, 5.41) is 8.30. The number of nitrogens with zero attached hydrogens (tertiary/aromatic N) is 4. The summed E-state index contributed by atoms with van der Waals surface area (Å²) in [4.78, 5) is 7.27. The van der Waals surface area contributed by atoms with Crippen LogP contribution >= 0.6 is 0 Å². The predicted octanol–water partition coefficient (Wildman–Crippen LogP) is 5.17. The molecule has 184 valence electrons. The second-order valence-corrected chi connectivity index (χ2v) is 11.0. The van der Waals surface area contributed by atoms with Gasteiger partial charge in [-0.25, -0.2) is 4.68 Å². The molecule has 0 bridgehead atoms. The molecule has 2 aromatic heterocycles. The first-order valence-corrected chi connectivity index (χ1v) is 12.9. The molecule has 2 fully saturated rings. The molecule has 1 unspecified atom stereocenters. The summed E-state index contributed by atoms with van der Waals surface area (Å²) in [5.74, 6) is 1.73. The number of nitrogens with one attached hydrogen (secondary N) is 1. The van der Waals surface area contributed by atoms with E-state index in [-0.39, 0.29) is 11.8 Å². The van der Waals surface area contributed by atoms with Crippen molar-refractivity contribution in [3.63, 3.8) is 0 Å². The monoisotopic (exact) mass is 473 g/mol. The van der Waals surface area contributed by atoms with Crippen LogP contribution in [0.2, 0.25) is 0 Å². The van der Waals surface area contributed by atoms with Crippen LogP contribution in [0.1, 0.15) is 58.2 Å². The minimum Gasteiger partial charge on any atom is -0.472 e. The number of fused-ring (bicyclic) bond motifs is 3. The molecule has 1 aromatic carbocycles. The molecule has 0 aliphatic carbocycles. The maximum Gasteiger partial charge on any atom is 0.223 e. The topological polar surface area (TPSA) is 64.4 Å². The normalized spacial score (nSPS) is 22.0. The predicted molar refractivity (Wildman–Crippen MR) is 138 cm³/mol. The summed E-state index contributed by atoms with van der Waals surface area (Å²) in [6, 6.07) is 11.4. The van der Waals surface area contributed by atoms with Gasteiger partial charge in [0.1, 0.15) is 18.7 Å². The molecular weight excluding hydrogens is 438 g/mol. The maximum atomic E-state index is 6.15. The van der Waals surface area contributed by atoms with Crippen molar-refractivity contribution >= 4 is 5.82 Å². The van der Waals surface area contributed by atoms with Gasteiger partial charge in [-0.15, -0.1) is 0 Å². The zero-order chi connectivity index (χ0) is 24.0. The van der Waals surface area contributed by atoms with Gasteiger partial charge in [0.05, 0.1) is 6.20 Å². The van der Waals surface area contributed by atoms with Gasteiger partial charge in [-0.05, 0) is 81.3 Å². The highest BCUT2D eigenvalue weighted by Crippen LogP contribution is 2.39. The zero-order valence-electron chi connectivity index (χ0n) is 21.0. The maximum absolute atomic E-state index is 6.15. The van der Waals surface area contributed by atoms with Crippen LogP contribution in [0, 0.1) is 0 Å². The molecule has 3 aliphatic rings. The second-order valence-electron chi connectivity index (χ2n) is 11.0. The van der Waals surface area contributed by atoms with Gasteiger partial charge in [0, 0.05) is 48.6 Å². The number of hydrogen-bond acceptors (Lipinski definition) is 6. The van der Waals surface area contributed by atoms with Crippen molar-refractivity contribution in [2.75, 3.05) is 24.6 Å². The molecule has 0 saturated carbocycles. The third-order valence-electron chi connectivity index (χ3n) is 7.14. The average Bonchev–Trinajstić information content (AvgIpc) is 3.53. The third kappa shape index (κ3) is 4.67. The fourth-order valence-corrected chi connectivity index (χ4v) is 5.50. The van der Waals surface area contributed by atoms with Crippen molar-refractivity contribution in [3.8, 4) is 28.1 Å². The number of ether oxygens (including phenoxy) is 2.